The van der Waals surface area contributed by atoms with Crippen molar-refractivity contribution in [2.24, 2.45) is 17.3 Å². The Morgan fingerprint density at radius 3 is 3.06 bits per heavy atom. The van der Waals surface area contributed by atoms with Gasteiger partial charge in [-0.2, -0.15) is 5.26 Å². The van der Waals surface area contributed by atoms with Gasteiger partial charge in [0.05, 0.1) is 11.5 Å². The van der Waals surface area contributed by atoms with Crippen LogP contribution in [0.4, 0.5) is 0 Å². The van der Waals surface area contributed by atoms with Gasteiger partial charge in [0.1, 0.15) is 0 Å². The number of nitriles is 1. The van der Waals surface area contributed by atoms with Crippen LogP contribution < -0.4 is 0 Å². The summed E-state index contributed by atoms with van der Waals surface area (Å²) < 4.78 is 0. The molecule has 4 heteroatoms. The van der Waals surface area contributed by atoms with Gasteiger partial charge in [-0.15, -0.1) is 0 Å². The van der Waals surface area contributed by atoms with E-state index in [-0.39, 0.29) is 22.8 Å². The quantitative estimate of drug-likeness (QED) is 0.415. The summed E-state index contributed by atoms with van der Waals surface area (Å²) in [6, 6.07) is 2.13. The minimum Gasteiger partial charge on any atom is -0.265 e. The van der Waals surface area contributed by atoms with E-state index >= 15 is 0 Å². The lowest BCUT2D eigenvalue weighted by Crippen LogP contribution is -2.49. The van der Waals surface area contributed by atoms with Gasteiger partial charge in [0, 0.05) is 11.3 Å². The molecule has 4 nitrogen and oxygen atoms in total. The van der Waals surface area contributed by atoms with Gasteiger partial charge in [-0.05, 0) is 31.1 Å². The molecule has 1 saturated carbocycles. The van der Waals surface area contributed by atoms with E-state index in [4.69, 9.17) is 5.26 Å². The van der Waals surface area contributed by atoms with Crippen LogP contribution in [0.3, 0.4) is 0 Å². The molecule has 2 aliphatic carbocycles. The Morgan fingerprint density at radius 2 is 2.50 bits per heavy atom. The first-order valence-corrected chi connectivity index (χ1v) is 5.79. The monoisotopic (exact) mass is 220 g/mol. The molecule has 86 valence electrons. The average Bonchev–Trinajstić information content (AvgIpc) is 2.55. The molecule has 0 heterocycles. The first-order valence-electron chi connectivity index (χ1n) is 5.79. The van der Waals surface area contributed by atoms with Crippen molar-refractivity contribution in [1.82, 2.24) is 0 Å². The normalized spacial score (nSPS) is 35.9. The number of rotatable bonds is 4. The van der Waals surface area contributed by atoms with Crippen LogP contribution in [0.5, 0.6) is 0 Å². The zero-order valence-electron chi connectivity index (χ0n) is 9.48. The maximum Gasteiger partial charge on any atom is 0.211 e. The van der Waals surface area contributed by atoms with Gasteiger partial charge in [-0.3, -0.25) is 10.1 Å². The van der Waals surface area contributed by atoms with E-state index in [1.54, 1.807) is 0 Å². The van der Waals surface area contributed by atoms with Crippen LogP contribution in [0.15, 0.2) is 11.6 Å². The van der Waals surface area contributed by atoms with Crippen molar-refractivity contribution in [1.29, 1.82) is 5.26 Å². The fourth-order valence-corrected chi connectivity index (χ4v) is 3.39. The van der Waals surface area contributed by atoms with Crippen LogP contribution in [0, 0.1) is 38.7 Å². The molecule has 0 saturated heterocycles. The molecule has 3 atom stereocenters. The van der Waals surface area contributed by atoms with Crippen molar-refractivity contribution >= 4 is 0 Å². The number of nitro groups is 1. The molecule has 0 aromatic carbocycles. The van der Waals surface area contributed by atoms with E-state index in [1.807, 2.05) is 0 Å². The first-order chi connectivity index (χ1) is 7.61. The minimum atomic E-state index is -0.361. The Kier molecular flexibility index (Phi) is 2.71. The summed E-state index contributed by atoms with van der Waals surface area (Å²) in [6.07, 6.45) is 5.50. The molecule has 16 heavy (non-hydrogen) atoms. The predicted octanol–water partition coefficient (Wildman–Crippen LogP) is 2.54. The molecule has 0 aromatic heterocycles. The number of allylic oxidation sites excluding steroid dienone is 2. The van der Waals surface area contributed by atoms with Gasteiger partial charge in [0.25, 0.3) is 0 Å². The van der Waals surface area contributed by atoms with Crippen LogP contribution in [-0.4, -0.2) is 11.5 Å². The average molecular weight is 220 g/mol. The summed E-state index contributed by atoms with van der Waals surface area (Å²) in [5.74, 6) is 0.857. The third kappa shape index (κ3) is 1.60. The van der Waals surface area contributed by atoms with Crippen molar-refractivity contribution < 1.29 is 4.92 Å². The van der Waals surface area contributed by atoms with Crippen LogP contribution in [-0.2, 0) is 0 Å². The smallest absolute Gasteiger partial charge is 0.211 e. The summed E-state index contributed by atoms with van der Waals surface area (Å²) in [5.41, 5.74) is 1.05. The Morgan fingerprint density at radius 1 is 1.75 bits per heavy atom. The van der Waals surface area contributed by atoms with Gasteiger partial charge in [0.15, 0.2) is 0 Å². The third-order valence-electron chi connectivity index (χ3n) is 4.15. The second-order valence-corrected chi connectivity index (χ2v) is 5.06. The lowest BCUT2D eigenvalue weighted by molar-refractivity contribution is -0.505. The van der Waals surface area contributed by atoms with Crippen molar-refractivity contribution in [3.8, 4) is 6.07 Å². The van der Waals surface area contributed by atoms with Gasteiger partial charge in [-0.1, -0.05) is 18.6 Å². The summed E-state index contributed by atoms with van der Waals surface area (Å²) in [4.78, 5) is 10.4. The number of hydrogen-bond donors (Lipinski definition) is 0. The summed E-state index contributed by atoms with van der Waals surface area (Å²) in [5, 5.41) is 19.5. The molecule has 0 N–H and O–H groups in total. The van der Waals surface area contributed by atoms with E-state index in [2.05, 4.69) is 19.1 Å². The highest BCUT2D eigenvalue weighted by Gasteiger charge is 2.57. The Balaban J connectivity index is 2.15. The maximum atomic E-state index is 10.7. The Bertz CT molecular complexity index is 383. The van der Waals surface area contributed by atoms with E-state index in [1.165, 1.54) is 5.57 Å². The number of nitrogens with zero attached hydrogens (tertiary/aromatic N) is 2. The highest BCUT2D eigenvalue weighted by molar-refractivity contribution is 5.24. The van der Waals surface area contributed by atoms with Crippen LogP contribution in [0.2, 0.25) is 0 Å². The van der Waals surface area contributed by atoms with Gasteiger partial charge >= 0.3 is 0 Å². The Labute approximate surface area is 95.1 Å². The maximum absolute atomic E-state index is 10.7. The van der Waals surface area contributed by atoms with Crippen molar-refractivity contribution in [3.63, 3.8) is 0 Å². The van der Waals surface area contributed by atoms with E-state index in [9.17, 15) is 10.1 Å². The largest absolute Gasteiger partial charge is 0.265 e. The molecular formula is C12H16N2O2. The van der Waals surface area contributed by atoms with Crippen molar-refractivity contribution in [3.05, 3.63) is 21.8 Å². The second-order valence-electron chi connectivity index (χ2n) is 5.06. The lowest BCUT2D eigenvalue weighted by atomic mass is 9.53. The molecule has 1 fully saturated rings. The first kappa shape index (κ1) is 11.1. The molecule has 3 unspecified atom stereocenters. The van der Waals surface area contributed by atoms with Crippen LogP contribution in [0.25, 0.3) is 0 Å². The summed E-state index contributed by atoms with van der Waals surface area (Å²) in [7, 11) is 0. The SMILES string of the molecule is CCC1=CC2C(C1)CC2(CC#N)C[N+](=O)[O-]. The zero-order chi connectivity index (χ0) is 11.8. The molecule has 0 radical (unpaired) electrons. The van der Waals surface area contributed by atoms with E-state index in [0.29, 0.717) is 12.3 Å². The molecule has 2 aliphatic rings. The highest BCUT2D eigenvalue weighted by atomic mass is 16.6. The number of hydrogen-bond acceptors (Lipinski definition) is 3. The topological polar surface area (TPSA) is 66.9 Å². The van der Waals surface area contributed by atoms with Crippen LogP contribution >= 0.6 is 0 Å². The van der Waals surface area contributed by atoms with Crippen molar-refractivity contribution in [2.75, 3.05) is 6.54 Å². The van der Waals surface area contributed by atoms with Crippen molar-refractivity contribution in [2.45, 2.75) is 32.6 Å². The number of fused-ring (bicyclic) bond motifs is 1. The Hall–Kier alpha value is -1.37. The standard InChI is InChI=1S/C12H16N2O2/c1-2-9-5-10-7-12(3-4-13,8-14(15)16)11(10)6-9/h6,10-11H,2-3,5,7-8H2,1H3. The fourth-order valence-electron chi connectivity index (χ4n) is 3.39. The van der Waals surface area contributed by atoms with E-state index in [0.717, 1.165) is 19.3 Å². The molecule has 0 amide bonds. The van der Waals surface area contributed by atoms with Crippen LogP contribution in [0.1, 0.15) is 32.6 Å². The molecular weight excluding hydrogens is 204 g/mol. The summed E-state index contributed by atoms with van der Waals surface area (Å²) in [6.45, 7) is 2.07. The minimum absolute atomic E-state index is 0.0464. The third-order valence-corrected chi connectivity index (χ3v) is 4.15. The van der Waals surface area contributed by atoms with E-state index < -0.39 is 0 Å². The molecule has 0 aromatic rings. The van der Waals surface area contributed by atoms with Gasteiger partial charge < -0.3 is 0 Å². The molecule has 2 rings (SSSR count). The lowest BCUT2D eigenvalue weighted by Gasteiger charge is -2.48. The zero-order valence-corrected chi connectivity index (χ0v) is 9.48. The molecule has 0 spiro atoms. The van der Waals surface area contributed by atoms with Gasteiger partial charge in [0.2, 0.25) is 6.54 Å². The predicted molar refractivity (Wildman–Crippen MR) is 59.1 cm³/mol. The summed E-state index contributed by atoms with van der Waals surface area (Å²) >= 11 is 0. The molecule has 0 aliphatic heterocycles. The second kappa shape index (κ2) is 3.89. The fraction of sp³-hybridized carbons (Fsp3) is 0.750. The molecule has 0 bridgehead atoms. The highest BCUT2D eigenvalue weighted by Crippen LogP contribution is 2.59. The van der Waals surface area contributed by atoms with Gasteiger partial charge in [-0.25, -0.2) is 0 Å².